The van der Waals surface area contributed by atoms with Gasteiger partial charge < -0.3 is 10.8 Å². The van der Waals surface area contributed by atoms with Crippen molar-refractivity contribution in [1.29, 1.82) is 0 Å². The van der Waals surface area contributed by atoms with Gasteiger partial charge in [-0.05, 0) is 19.1 Å². The molecule has 1 aromatic heterocycles. The fraction of sp³-hybridized carbons (Fsp3) is 0.250. The largest absolute Gasteiger partial charge is 0.480 e. The van der Waals surface area contributed by atoms with Crippen molar-refractivity contribution >= 4 is 17.6 Å². The van der Waals surface area contributed by atoms with Crippen molar-refractivity contribution in [3.8, 4) is 0 Å². The number of nitrogens with zero attached hydrogens (tertiary/aromatic N) is 1. The first-order valence-electron chi connectivity index (χ1n) is 3.59. The molecule has 0 saturated heterocycles. The third-order valence-electron chi connectivity index (χ3n) is 1.70. The lowest BCUT2D eigenvalue weighted by molar-refractivity contribution is -0.143. The topological polar surface area (TPSA) is 76.2 Å². The van der Waals surface area contributed by atoms with Crippen LogP contribution in [0.2, 0.25) is 5.02 Å². The van der Waals surface area contributed by atoms with Gasteiger partial charge in [-0.1, -0.05) is 11.6 Å². The van der Waals surface area contributed by atoms with Crippen LogP contribution in [-0.2, 0) is 10.3 Å². The lowest BCUT2D eigenvalue weighted by Crippen LogP contribution is -2.42. The Labute approximate surface area is 80.3 Å². The molecule has 0 aliphatic heterocycles. The molecule has 70 valence electrons. The van der Waals surface area contributed by atoms with Crippen molar-refractivity contribution in [2.45, 2.75) is 12.5 Å². The lowest BCUT2D eigenvalue weighted by atomic mass is 9.99. The molecule has 0 aromatic carbocycles. The highest BCUT2D eigenvalue weighted by Gasteiger charge is 2.31. The lowest BCUT2D eigenvalue weighted by Gasteiger charge is -2.17. The van der Waals surface area contributed by atoms with E-state index in [0.717, 1.165) is 0 Å². The van der Waals surface area contributed by atoms with Gasteiger partial charge in [0.2, 0.25) is 0 Å². The van der Waals surface area contributed by atoms with E-state index in [9.17, 15) is 4.79 Å². The summed E-state index contributed by atoms with van der Waals surface area (Å²) in [4.78, 5) is 14.5. The van der Waals surface area contributed by atoms with Crippen molar-refractivity contribution in [1.82, 2.24) is 4.98 Å². The molecule has 1 rings (SSSR count). The molecule has 3 N–H and O–H groups in total. The summed E-state index contributed by atoms with van der Waals surface area (Å²) in [6.45, 7) is 1.38. The fourth-order valence-electron chi connectivity index (χ4n) is 0.793. The Balaban J connectivity index is 3.08. The van der Waals surface area contributed by atoms with Gasteiger partial charge in [-0.15, -0.1) is 0 Å². The average Bonchev–Trinajstić information content (AvgIpc) is 2.04. The number of carboxylic acids is 1. The molecule has 0 aliphatic rings. The van der Waals surface area contributed by atoms with E-state index in [1.165, 1.54) is 19.2 Å². The van der Waals surface area contributed by atoms with E-state index in [2.05, 4.69) is 4.98 Å². The van der Waals surface area contributed by atoms with Gasteiger partial charge in [-0.2, -0.15) is 0 Å². The standard InChI is InChI=1S/C8H9ClN2O2/c1-8(10,7(12)13)6-3-2-5(9)4-11-6/h2-4H,10H2,1H3,(H,12,13)/t8-/m1/s1. The first-order valence-corrected chi connectivity index (χ1v) is 3.96. The molecule has 0 spiro atoms. The van der Waals surface area contributed by atoms with E-state index in [1.54, 1.807) is 6.07 Å². The van der Waals surface area contributed by atoms with Crippen LogP contribution in [0.1, 0.15) is 12.6 Å². The summed E-state index contributed by atoms with van der Waals surface area (Å²) in [5.74, 6) is -1.12. The van der Waals surface area contributed by atoms with E-state index >= 15 is 0 Å². The highest BCUT2D eigenvalue weighted by molar-refractivity contribution is 6.30. The molecule has 0 amide bonds. The van der Waals surface area contributed by atoms with Gasteiger partial charge in [0.1, 0.15) is 0 Å². The van der Waals surface area contributed by atoms with Crippen LogP contribution in [-0.4, -0.2) is 16.1 Å². The average molecular weight is 201 g/mol. The minimum atomic E-state index is -1.47. The van der Waals surface area contributed by atoms with E-state index in [0.29, 0.717) is 5.02 Å². The van der Waals surface area contributed by atoms with Gasteiger partial charge >= 0.3 is 5.97 Å². The third kappa shape index (κ3) is 1.96. The maximum atomic E-state index is 10.7. The van der Waals surface area contributed by atoms with Crippen LogP contribution in [0.15, 0.2) is 18.3 Å². The number of hydrogen-bond acceptors (Lipinski definition) is 3. The molecule has 0 saturated carbocycles. The zero-order valence-electron chi connectivity index (χ0n) is 6.99. The second kappa shape index (κ2) is 3.32. The number of aliphatic carboxylic acids is 1. The molecule has 1 heterocycles. The summed E-state index contributed by atoms with van der Waals surface area (Å²) in [5.41, 5.74) is 4.34. The Bertz CT molecular complexity index is 321. The Kier molecular flexibility index (Phi) is 2.54. The van der Waals surface area contributed by atoms with Gasteiger partial charge in [0.25, 0.3) is 0 Å². The van der Waals surface area contributed by atoms with Crippen LogP contribution in [0.4, 0.5) is 0 Å². The van der Waals surface area contributed by atoms with Crippen molar-refractivity contribution in [3.05, 3.63) is 29.0 Å². The molecular formula is C8H9ClN2O2. The molecule has 0 unspecified atom stereocenters. The SMILES string of the molecule is C[C@](N)(C(=O)O)c1ccc(Cl)cn1. The smallest absolute Gasteiger partial charge is 0.329 e. The second-order valence-electron chi connectivity index (χ2n) is 2.87. The summed E-state index contributed by atoms with van der Waals surface area (Å²) >= 11 is 5.59. The van der Waals surface area contributed by atoms with E-state index in [1.807, 2.05) is 0 Å². The molecule has 0 aliphatic carbocycles. The summed E-state index contributed by atoms with van der Waals surface area (Å²) in [6, 6.07) is 3.05. The normalized spacial score (nSPS) is 15.0. The van der Waals surface area contributed by atoms with E-state index in [-0.39, 0.29) is 5.69 Å². The Morgan fingerprint density at radius 1 is 1.69 bits per heavy atom. The van der Waals surface area contributed by atoms with Crippen molar-refractivity contribution in [2.75, 3.05) is 0 Å². The Hall–Kier alpha value is -1.13. The second-order valence-corrected chi connectivity index (χ2v) is 3.31. The van der Waals surface area contributed by atoms with Gasteiger partial charge in [0.15, 0.2) is 5.54 Å². The zero-order chi connectivity index (χ0) is 10.1. The minimum Gasteiger partial charge on any atom is -0.480 e. The predicted molar refractivity (Wildman–Crippen MR) is 48.4 cm³/mol. The van der Waals surface area contributed by atoms with Crippen LogP contribution in [0.25, 0.3) is 0 Å². The predicted octanol–water partition coefficient (Wildman–Crippen LogP) is 0.994. The van der Waals surface area contributed by atoms with E-state index in [4.69, 9.17) is 22.4 Å². The number of halogens is 1. The number of pyridine rings is 1. The quantitative estimate of drug-likeness (QED) is 0.747. The molecule has 0 radical (unpaired) electrons. The van der Waals surface area contributed by atoms with Gasteiger partial charge in [-0.25, -0.2) is 4.79 Å². The molecule has 13 heavy (non-hydrogen) atoms. The number of carboxylic acid groups (broad SMARTS) is 1. The third-order valence-corrected chi connectivity index (χ3v) is 1.93. The molecular weight excluding hydrogens is 192 g/mol. The Morgan fingerprint density at radius 3 is 2.69 bits per heavy atom. The number of aromatic nitrogens is 1. The molecule has 0 bridgehead atoms. The highest BCUT2D eigenvalue weighted by Crippen LogP contribution is 2.17. The van der Waals surface area contributed by atoms with Gasteiger partial charge in [0, 0.05) is 6.20 Å². The van der Waals surface area contributed by atoms with Crippen LogP contribution >= 0.6 is 11.6 Å². The molecule has 5 heteroatoms. The first kappa shape index (κ1) is 9.95. The summed E-state index contributed by atoms with van der Waals surface area (Å²) in [6.07, 6.45) is 1.37. The van der Waals surface area contributed by atoms with E-state index < -0.39 is 11.5 Å². The number of nitrogens with two attached hydrogens (primary N) is 1. The van der Waals surface area contributed by atoms with Crippen LogP contribution in [0, 0.1) is 0 Å². The van der Waals surface area contributed by atoms with Crippen LogP contribution in [0.3, 0.4) is 0 Å². The maximum Gasteiger partial charge on any atom is 0.329 e. The fourth-order valence-corrected chi connectivity index (χ4v) is 0.904. The number of rotatable bonds is 2. The zero-order valence-corrected chi connectivity index (χ0v) is 7.75. The maximum absolute atomic E-state index is 10.7. The first-order chi connectivity index (χ1) is 5.94. The van der Waals surface area contributed by atoms with Crippen molar-refractivity contribution < 1.29 is 9.90 Å². The number of hydrogen-bond donors (Lipinski definition) is 2. The molecule has 0 fully saturated rings. The monoisotopic (exact) mass is 200 g/mol. The summed E-state index contributed by atoms with van der Waals surface area (Å²) < 4.78 is 0. The molecule has 1 atom stereocenters. The molecule has 4 nitrogen and oxygen atoms in total. The highest BCUT2D eigenvalue weighted by atomic mass is 35.5. The minimum absolute atomic E-state index is 0.282. The summed E-state index contributed by atoms with van der Waals surface area (Å²) in [7, 11) is 0. The summed E-state index contributed by atoms with van der Waals surface area (Å²) in [5, 5.41) is 9.22. The van der Waals surface area contributed by atoms with Crippen molar-refractivity contribution in [2.24, 2.45) is 5.73 Å². The van der Waals surface area contributed by atoms with Crippen LogP contribution in [0.5, 0.6) is 0 Å². The number of carbonyl (C=O) groups is 1. The van der Waals surface area contributed by atoms with Crippen molar-refractivity contribution in [3.63, 3.8) is 0 Å². The Morgan fingerprint density at radius 2 is 2.31 bits per heavy atom. The van der Waals surface area contributed by atoms with Gasteiger partial charge in [0.05, 0.1) is 10.7 Å². The molecule has 1 aromatic rings. The van der Waals surface area contributed by atoms with Gasteiger partial charge in [-0.3, -0.25) is 4.98 Å². The van der Waals surface area contributed by atoms with Crippen LogP contribution < -0.4 is 5.73 Å².